The minimum atomic E-state index is -0.134. The van der Waals surface area contributed by atoms with Gasteiger partial charge in [0.1, 0.15) is 18.2 Å². The highest BCUT2D eigenvalue weighted by Crippen LogP contribution is 2.28. The van der Waals surface area contributed by atoms with Gasteiger partial charge in [-0.15, -0.1) is 5.10 Å². The Hall–Kier alpha value is -5.45. The summed E-state index contributed by atoms with van der Waals surface area (Å²) < 4.78 is 9.46. The predicted octanol–water partition coefficient (Wildman–Crippen LogP) is 3.88. The van der Waals surface area contributed by atoms with Crippen LogP contribution in [0.5, 0.6) is 5.75 Å². The fraction of sp³-hybridized carbons (Fsp3) is 0.167. The van der Waals surface area contributed by atoms with Crippen LogP contribution in [-0.4, -0.2) is 58.3 Å². The van der Waals surface area contributed by atoms with Crippen LogP contribution in [-0.2, 0) is 13.0 Å². The number of carbonyl (C=O) groups excluding carboxylic acids is 1. The van der Waals surface area contributed by atoms with E-state index in [1.807, 2.05) is 80.0 Å². The number of rotatable bonds is 10. The molecule has 6 rings (SSSR count). The minimum Gasteiger partial charge on any atom is -0.489 e. The van der Waals surface area contributed by atoms with Gasteiger partial charge in [0.2, 0.25) is 0 Å². The van der Waals surface area contributed by atoms with Gasteiger partial charge in [0.15, 0.2) is 5.65 Å². The van der Waals surface area contributed by atoms with Crippen LogP contribution in [0.2, 0.25) is 0 Å². The van der Waals surface area contributed by atoms with Crippen molar-refractivity contribution in [2.75, 3.05) is 6.54 Å². The third-order valence-corrected chi connectivity index (χ3v) is 6.53. The molecule has 0 bridgehead atoms. The minimum absolute atomic E-state index is 0.132. The number of aromatic nitrogens is 8. The fourth-order valence-corrected chi connectivity index (χ4v) is 4.56. The molecule has 1 amide bonds. The zero-order valence-electron chi connectivity index (χ0n) is 22.3. The summed E-state index contributed by atoms with van der Waals surface area (Å²) in [4.78, 5) is 21.9. The van der Waals surface area contributed by atoms with Crippen molar-refractivity contribution in [3.63, 3.8) is 0 Å². The van der Waals surface area contributed by atoms with E-state index in [0.717, 1.165) is 33.7 Å². The van der Waals surface area contributed by atoms with Crippen LogP contribution in [0.15, 0.2) is 97.8 Å². The van der Waals surface area contributed by atoms with Crippen LogP contribution in [0.4, 0.5) is 0 Å². The lowest BCUT2D eigenvalue weighted by molar-refractivity contribution is 0.0954. The zero-order valence-corrected chi connectivity index (χ0v) is 22.3. The Morgan fingerprint density at radius 3 is 2.78 bits per heavy atom. The van der Waals surface area contributed by atoms with Crippen LogP contribution in [0, 0.1) is 0 Å². The SMILES string of the molecule is C[C@@H](Cn1cnnn1)Oc1cccc(-c2ccn3ncc(-c4cccc(C(=O)NCCc5cccnc5)c4)c3n2)c1. The molecule has 41 heavy (non-hydrogen) atoms. The largest absolute Gasteiger partial charge is 0.489 e. The van der Waals surface area contributed by atoms with Crippen molar-refractivity contribution >= 4 is 11.6 Å². The highest BCUT2D eigenvalue weighted by molar-refractivity contribution is 5.96. The Bertz CT molecular complexity index is 1770. The van der Waals surface area contributed by atoms with Crippen LogP contribution < -0.4 is 10.1 Å². The van der Waals surface area contributed by atoms with Gasteiger partial charge in [-0.05, 0) is 71.3 Å². The maximum atomic E-state index is 12.9. The van der Waals surface area contributed by atoms with Gasteiger partial charge in [-0.3, -0.25) is 9.78 Å². The van der Waals surface area contributed by atoms with E-state index in [9.17, 15) is 4.79 Å². The summed E-state index contributed by atoms with van der Waals surface area (Å²) in [5.41, 5.74) is 5.72. The van der Waals surface area contributed by atoms with Gasteiger partial charge >= 0.3 is 0 Å². The van der Waals surface area contributed by atoms with Gasteiger partial charge in [-0.1, -0.05) is 30.3 Å². The maximum Gasteiger partial charge on any atom is 0.251 e. The van der Waals surface area contributed by atoms with E-state index in [2.05, 4.69) is 30.9 Å². The summed E-state index contributed by atoms with van der Waals surface area (Å²) >= 11 is 0. The van der Waals surface area contributed by atoms with Gasteiger partial charge in [-0.25, -0.2) is 14.2 Å². The third-order valence-electron chi connectivity index (χ3n) is 6.53. The third kappa shape index (κ3) is 6.09. The average molecular weight is 546 g/mol. The normalized spacial score (nSPS) is 11.8. The number of nitrogens with zero attached hydrogens (tertiary/aromatic N) is 8. The molecule has 11 nitrogen and oxygen atoms in total. The molecule has 2 aromatic carbocycles. The molecule has 0 fully saturated rings. The Kier molecular flexibility index (Phi) is 7.39. The summed E-state index contributed by atoms with van der Waals surface area (Å²) in [5, 5.41) is 18.7. The van der Waals surface area contributed by atoms with E-state index in [1.165, 1.54) is 0 Å². The molecule has 0 radical (unpaired) electrons. The zero-order chi connectivity index (χ0) is 28.0. The number of amides is 1. The number of tetrazole rings is 1. The lowest BCUT2D eigenvalue weighted by Gasteiger charge is -2.15. The highest BCUT2D eigenvalue weighted by Gasteiger charge is 2.14. The van der Waals surface area contributed by atoms with Crippen molar-refractivity contribution < 1.29 is 9.53 Å². The van der Waals surface area contributed by atoms with Gasteiger partial charge in [0.25, 0.3) is 5.91 Å². The summed E-state index contributed by atoms with van der Waals surface area (Å²) in [5.74, 6) is 0.590. The molecule has 6 aromatic rings. The first-order valence-electron chi connectivity index (χ1n) is 13.2. The second-order valence-electron chi connectivity index (χ2n) is 9.58. The van der Waals surface area contributed by atoms with E-state index >= 15 is 0 Å². The van der Waals surface area contributed by atoms with Crippen molar-refractivity contribution in [3.8, 4) is 28.1 Å². The van der Waals surface area contributed by atoms with Gasteiger partial charge in [0.05, 0.1) is 18.4 Å². The van der Waals surface area contributed by atoms with E-state index in [-0.39, 0.29) is 12.0 Å². The first kappa shape index (κ1) is 25.8. The molecule has 204 valence electrons. The van der Waals surface area contributed by atoms with Crippen LogP contribution in [0.1, 0.15) is 22.8 Å². The molecule has 4 heterocycles. The molecule has 0 saturated carbocycles. The van der Waals surface area contributed by atoms with Crippen molar-refractivity contribution in [1.82, 2.24) is 45.1 Å². The lowest BCUT2D eigenvalue weighted by atomic mass is 10.0. The van der Waals surface area contributed by atoms with Gasteiger partial charge < -0.3 is 10.1 Å². The Morgan fingerprint density at radius 2 is 1.93 bits per heavy atom. The molecular formula is C30H27N9O2. The smallest absolute Gasteiger partial charge is 0.251 e. The second-order valence-corrected chi connectivity index (χ2v) is 9.58. The molecule has 0 unspecified atom stereocenters. The average Bonchev–Trinajstić information content (AvgIpc) is 3.67. The Morgan fingerprint density at radius 1 is 1.02 bits per heavy atom. The maximum absolute atomic E-state index is 12.9. The van der Waals surface area contributed by atoms with Crippen LogP contribution in [0.3, 0.4) is 0 Å². The van der Waals surface area contributed by atoms with E-state index in [4.69, 9.17) is 9.72 Å². The second kappa shape index (κ2) is 11.7. The number of nitrogens with one attached hydrogen (secondary N) is 1. The summed E-state index contributed by atoms with van der Waals surface area (Å²) in [6, 6.07) is 21.1. The topological polar surface area (TPSA) is 125 Å². The molecule has 0 aliphatic rings. The molecule has 11 heteroatoms. The molecule has 0 saturated heterocycles. The predicted molar refractivity (Wildman–Crippen MR) is 152 cm³/mol. The fourth-order valence-electron chi connectivity index (χ4n) is 4.56. The first-order valence-corrected chi connectivity index (χ1v) is 13.2. The number of ether oxygens (including phenoxy) is 1. The quantitative estimate of drug-likeness (QED) is 0.275. The van der Waals surface area contributed by atoms with Crippen molar-refractivity contribution in [3.05, 3.63) is 109 Å². The van der Waals surface area contributed by atoms with Crippen LogP contribution >= 0.6 is 0 Å². The van der Waals surface area contributed by atoms with E-state index < -0.39 is 0 Å². The number of carbonyl (C=O) groups is 1. The van der Waals surface area contributed by atoms with Crippen molar-refractivity contribution in [1.29, 1.82) is 0 Å². The summed E-state index contributed by atoms with van der Waals surface area (Å²) in [6.07, 6.45) is 9.33. The molecule has 0 aliphatic carbocycles. The van der Waals surface area contributed by atoms with Gasteiger partial charge in [0, 0.05) is 41.8 Å². The molecule has 1 N–H and O–H groups in total. The first-order chi connectivity index (χ1) is 20.1. The molecule has 0 aliphatic heterocycles. The van der Waals surface area contributed by atoms with E-state index in [1.54, 1.807) is 34.0 Å². The van der Waals surface area contributed by atoms with E-state index in [0.29, 0.717) is 30.7 Å². The monoisotopic (exact) mass is 545 g/mol. The Balaban J connectivity index is 1.19. The van der Waals surface area contributed by atoms with Crippen molar-refractivity contribution in [2.24, 2.45) is 0 Å². The Labute approximate surface area is 235 Å². The van der Waals surface area contributed by atoms with Crippen molar-refractivity contribution in [2.45, 2.75) is 26.0 Å². The lowest BCUT2D eigenvalue weighted by Crippen LogP contribution is -2.25. The molecular weight excluding hydrogens is 518 g/mol. The van der Waals surface area contributed by atoms with Gasteiger partial charge in [-0.2, -0.15) is 5.10 Å². The standard InChI is InChI=1S/C30H27N9O2/c1-21(19-38-20-33-36-37-38)41-26-9-3-7-24(16-26)28-11-14-39-29(35-28)27(18-34-39)23-6-2-8-25(15-23)30(40)32-13-10-22-5-4-12-31-17-22/h2-9,11-12,14-18,20-21H,10,13,19H2,1H3,(H,32,40)/t21-/m0/s1. The summed E-state index contributed by atoms with van der Waals surface area (Å²) in [6.45, 7) is 3.02. The number of benzene rings is 2. The number of fused-ring (bicyclic) bond motifs is 1. The molecule has 0 spiro atoms. The molecule has 1 atom stereocenters. The number of hydrogen-bond donors (Lipinski definition) is 1. The number of hydrogen-bond acceptors (Lipinski definition) is 8. The number of pyridine rings is 1. The summed E-state index contributed by atoms with van der Waals surface area (Å²) in [7, 11) is 0. The molecule has 4 aromatic heterocycles. The highest BCUT2D eigenvalue weighted by atomic mass is 16.5. The van der Waals surface area contributed by atoms with Crippen LogP contribution in [0.25, 0.3) is 28.0 Å².